The number of carbonyl (C=O) groups excluding carboxylic acids is 1. The summed E-state index contributed by atoms with van der Waals surface area (Å²) < 4.78 is 7.73. The monoisotopic (exact) mass is 325 g/mol. The molecule has 1 N–H and O–H groups in total. The first-order valence-electron chi connectivity index (χ1n) is 8.86. The van der Waals surface area contributed by atoms with Crippen LogP contribution in [0.4, 0.5) is 5.82 Å². The molecule has 1 unspecified atom stereocenters. The summed E-state index contributed by atoms with van der Waals surface area (Å²) in [6, 6.07) is 10.2. The number of nitrogens with one attached hydrogen (secondary N) is 1. The molecule has 2 aromatic rings. The summed E-state index contributed by atoms with van der Waals surface area (Å²) in [6.07, 6.45) is 8.57. The van der Waals surface area contributed by atoms with E-state index in [1.54, 1.807) is 6.20 Å². The van der Waals surface area contributed by atoms with E-state index in [4.69, 9.17) is 4.74 Å². The molecule has 4 rings (SSSR count). The van der Waals surface area contributed by atoms with Crippen molar-refractivity contribution in [2.75, 3.05) is 11.9 Å². The van der Waals surface area contributed by atoms with Gasteiger partial charge in [-0.15, -0.1) is 0 Å². The largest absolute Gasteiger partial charge is 0.492 e. The lowest BCUT2D eigenvalue weighted by Crippen LogP contribution is -2.33. The van der Waals surface area contributed by atoms with Crippen molar-refractivity contribution in [1.82, 2.24) is 9.78 Å². The lowest BCUT2D eigenvalue weighted by molar-refractivity contribution is -0.121. The van der Waals surface area contributed by atoms with Crippen molar-refractivity contribution < 1.29 is 9.53 Å². The van der Waals surface area contributed by atoms with Gasteiger partial charge in [0.25, 0.3) is 0 Å². The third-order valence-electron chi connectivity index (χ3n) is 5.09. The Morgan fingerprint density at radius 2 is 2.00 bits per heavy atom. The van der Waals surface area contributed by atoms with Gasteiger partial charge in [-0.3, -0.25) is 4.79 Å². The summed E-state index contributed by atoms with van der Waals surface area (Å²) in [6.45, 7) is 0.431. The zero-order valence-electron chi connectivity index (χ0n) is 13.8. The summed E-state index contributed by atoms with van der Waals surface area (Å²) in [4.78, 5) is 12.7. The van der Waals surface area contributed by atoms with Gasteiger partial charge < -0.3 is 10.1 Å². The lowest BCUT2D eigenvalue weighted by Gasteiger charge is -2.26. The van der Waals surface area contributed by atoms with Crippen LogP contribution in [0.3, 0.4) is 0 Å². The number of hydrogen-bond donors (Lipinski definition) is 1. The van der Waals surface area contributed by atoms with Crippen molar-refractivity contribution in [3.05, 3.63) is 42.1 Å². The zero-order valence-corrected chi connectivity index (χ0v) is 13.8. The van der Waals surface area contributed by atoms with Gasteiger partial charge in [0.15, 0.2) is 0 Å². The predicted molar refractivity (Wildman–Crippen MR) is 92.1 cm³/mol. The molecule has 0 radical (unpaired) electrons. The van der Waals surface area contributed by atoms with Crippen LogP contribution < -0.4 is 10.1 Å². The molecule has 1 aliphatic carbocycles. The van der Waals surface area contributed by atoms with Gasteiger partial charge in [-0.25, -0.2) is 4.68 Å². The second-order valence-electron chi connectivity index (χ2n) is 6.76. The SMILES string of the molecule is O=C(Nc1ccnn1C1CCCCC1)C1COc2ccccc2C1. The molecule has 1 saturated carbocycles. The summed E-state index contributed by atoms with van der Waals surface area (Å²) in [5, 5.41) is 7.51. The van der Waals surface area contributed by atoms with Crippen LogP contribution in [0.2, 0.25) is 0 Å². The predicted octanol–water partition coefficient (Wildman–Crippen LogP) is 3.58. The van der Waals surface area contributed by atoms with Crippen LogP contribution >= 0.6 is 0 Å². The first kappa shape index (κ1) is 15.2. The van der Waals surface area contributed by atoms with E-state index in [0.717, 1.165) is 36.4 Å². The summed E-state index contributed by atoms with van der Waals surface area (Å²) in [5.74, 6) is 1.57. The van der Waals surface area contributed by atoms with Gasteiger partial charge in [0.2, 0.25) is 5.91 Å². The number of nitrogens with zero attached hydrogens (tertiary/aromatic N) is 2. The number of fused-ring (bicyclic) bond motifs is 1. The van der Waals surface area contributed by atoms with Crippen molar-refractivity contribution in [2.24, 2.45) is 5.92 Å². The minimum Gasteiger partial charge on any atom is -0.492 e. The maximum Gasteiger partial charge on any atom is 0.232 e. The molecular weight excluding hydrogens is 302 g/mol. The van der Waals surface area contributed by atoms with Gasteiger partial charge in [0.1, 0.15) is 18.2 Å². The quantitative estimate of drug-likeness (QED) is 0.938. The number of aromatic nitrogens is 2. The van der Waals surface area contributed by atoms with Crippen LogP contribution in [0.1, 0.15) is 43.7 Å². The van der Waals surface area contributed by atoms with E-state index in [-0.39, 0.29) is 11.8 Å². The lowest BCUT2D eigenvalue weighted by atomic mass is 9.95. The average molecular weight is 325 g/mol. The zero-order chi connectivity index (χ0) is 16.4. The van der Waals surface area contributed by atoms with Gasteiger partial charge in [-0.05, 0) is 30.9 Å². The van der Waals surface area contributed by atoms with E-state index >= 15 is 0 Å². The van der Waals surface area contributed by atoms with Crippen LogP contribution in [0.25, 0.3) is 0 Å². The smallest absolute Gasteiger partial charge is 0.232 e. The molecular formula is C19H23N3O2. The second kappa shape index (κ2) is 6.67. The van der Waals surface area contributed by atoms with E-state index in [1.165, 1.54) is 19.3 Å². The number of hydrogen-bond acceptors (Lipinski definition) is 3. The third-order valence-corrected chi connectivity index (χ3v) is 5.09. The number of para-hydroxylation sites is 1. The standard InChI is InChI=1S/C19H23N3O2/c23-19(15-12-14-6-4-5-9-17(14)24-13-15)21-18-10-11-20-22(18)16-7-2-1-3-8-16/h4-6,9-11,15-16H,1-3,7-8,12-13H2,(H,21,23). The normalized spacial score (nSPS) is 20.9. The van der Waals surface area contributed by atoms with Crippen LogP contribution in [-0.2, 0) is 11.2 Å². The van der Waals surface area contributed by atoms with E-state index in [1.807, 2.05) is 35.0 Å². The first-order chi connectivity index (χ1) is 11.8. The molecule has 1 aromatic carbocycles. The fourth-order valence-corrected chi connectivity index (χ4v) is 3.75. The van der Waals surface area contributed by atoms with Crippen LogP contribution in [-0.4, -0.2) is 22.3 Å². The van der Waals surface area contributed by atoms with Gasteiger partial charge >= 0.3 is 0 Å². The van der Waals surface area contributed by atoms with Crippen molar-refractivity contribution in [1.29, 1.82) is 0 Å². The number of benzene rings is 1. The topological polar surface area (TPSA) is 56.2 Å². The molecule has 0 saturated heterocycles. The molecule has 2 heterocycles. The molecule has 1 aromatic heterocycles. The molecule has 24 heavy (non-hydrogen) atoms. The minimum atomic E-state index is -0.158. The molecule has 1 fully saturated rings. The number of carbonyl (C=O) groups is 1. The Bertz CT molecular complexity index is 719. The van der Waals surface area contributed by atoms with E-state index in [2.05, 4.69) is 10.4 Å². The molecule has 0 bridgehead atoms. The van der Waals surface area contributed by atoms with Crippen LogP contribution in [0, 0.1) is 5.92 Å². The Hall–Kier alpha value is -2.30. The number of ether oxygens (including phenoxy) is 1. The van der Waals surface area contributed by atoms with Crippen molar-refractivity contribution in [2.45, 2.75) is 44.6 Å². The number of amides is 1. The summed E-state index contributed by atoms with van der Waals surface area (Å²) in [7, 11) is 0. The first-order valence-corrected chi connectivity index (χ1v) is 8.86. The van der Waals surface area contributed by atoms with E-state index in [0.29, 0.717) is 12.6 Å². The molecule has 1 aliphatic heterocycles. The molecule has 5 heteroatoms. The van der Waals surface area contributed by atoms with Gasteiger partial charge in [-0.2, -0.15) is 5.10 Å². The molecule has 1 atom stereocenters. The highest BCUT2D eigenvalue weighted by atomic mass is 16.5. The van der Waals surface area contributed by atoms with Gasteiger partial charge in [0, 0.05) is 6.07 Å². The number of rotatable bonds is 3. The van der Waals surface area contributed by atoms with Crippen molar-refractivity contribution in [3.8, 4) is 5.75 Å². The summed E-state index contributed by atoms with van der Waals surface area (Å²) in [5.41, 5.74) is 1.10. The highest BCUT2D eigenvalue weighted by Crippen LogP contribution is 2.31. The summed E-state index contributed by atoms with van der Waals surface area (Å²) >= 11 is 0. The Morgan fingerprint density at radius 1 is 1.17 bits per heavy atom. The Labute approximate surface area is 142 Å². The molecule has 0 spiro atoms. The second-order valence-corrected chi connectivity index (χ2v) is 6.76. The van der Waals surface area contributed by atoms with E-state index in [9.17, 15) is 4.79 Å². The van der Waals surface area contributed by atoms with Crippen LogP contribution in [0.5, 0.6) is 5.75 Å². The number of anilines is 1. The Kier molecular flexibility index (Phi) is 4.24. The molecule has 126 valence electrons. The Morgan fingerprint density at radius 3 is 2.88 bits per heavy atom. The highest BCUT2D eigenvalue weighted by Gasteiger charge is 2.27. The third kappa shape index (κ3) is 3.03. The fraction of sp³-hybridized carbons (Fsp3) is 0.474. The van der Waals surface area contributed by atoms with Gasteiger partial charge in [-0.1, -0.05) is 37.5 Å². The maximum absolute atomic E-state index is 12.7. The molecule has 2 aliphatic rings. The van der Waals surface area contributed by atoms with Crippen LogP contribution in [0.15, 0.2) is 36.5 Å². The molecule has 1 amide bonds. The Balaban J connectivity index is 1.45. The highest BCUT2D eigenvalue weighted by molar-refractivity contribution is 5.92. The molecule has 5 nitrogen and oxygen atoms in total. The fourth-order valence-electron chi connectivity index (χ4n) is 3.75. The maximum atomic E-state index is 12.7. The van der Waals surface area contributed by atoms with Crippen molar-refractivity contribution >= 4 is 11.7 Å². The van der Waals surface area contributed by atoms with Crippen molar-refractivity contribution in [3.63, 3.8) is 0 Å². The van der Waals surface area contributed by atoms with Gasteiger partial charge in [0.05, 0.1) is 18.2 Å². The van der Waals surface area contributed by atoms with E-state index < -0.39 is 0 Å². The average Bonchev–Trinajstić information content (AvgIpc) is 3.10. The minimum absolute atomic E-state index is 0.0158.